The molecule has 4 aliphatic heterocycles. The van der Waals surface area contributed by atoms with E-state index >= 15 is 0 Å². The molecule has 8 aliphatic rings. The SMILES string of the molecule is CC(=O)O[C@H]1[C@@H](OC(C)=O)C[C@H](O[C@H]2[C@@H](OC(C)=O)C[C@H](O[C@H]3[C@@H](OC(C)=O)C[C@H](O[C@H]4CC[C@@]5(C)[C@H](CC[C@@H]6[C@@H]5C[C@@H](O)[C@]5(C)[C@@H](C7=CC(=O)OC7)CC[C@]65OC(C)=O)C4)O[C@@H]3C)O[C@@H]2C)O[C@@H]1C. The number of esters is 6. The van der Waals surface area contributed by atoms with Gasteiger partial charge in [0, 0.05) is 71.3 Å². The number of hydrogen-bond acceptors (Lipinski definition) is 19. The summed E-state index contributed by atoms with van der Waals surface area (Å²) in [6.45, 7) is 16.4. The number of carbonyl (C=O) groups excluding carboxylic acids is 6. The lowest BCUT2D eigenvalue weighted by Crippen LogP contribution is -2.68. The van der Waals surface area contributed by atoms with Crippen LogP contribution >= 0.6 is 0 Å². The van der Waals surface area contributed by atoms with Crippen molar-refractivity contribution < 1.29 is 90.7 Å². The predicted octanol–water partition coefficient (Wildman–Crippen LogP) is 5.07. The van der Waals surface area contributed by atoms with E-state index in [0.717, 1.165) is 37.7 Å². The topological polar surface area (TPSA) is 233 Å². The van der Waals surface area contributed by atoms with Gasteiger partial charge in [0.1, 0.15) is 42.7 Å². The average molecular weight is 991 g/mol. The van der Waals surface area contributed by atoms with Crippen molar-refractivity contribution in [2.45, 2.75) is 231 Å². The van der Waals surface area contributed by atoms with Crippen LogP contribution in [0.15, 0.2) is 11.6 Å². The minimum Gasteiger partial charge on any atom is -0.459 e. The molecular formula is C51H74O19. The van der Waals surface area contributed by atoms with Gasteiger partial charge in [-0.2, -0.15) is 0 Å². The second kappa shape index (κ2) is 20.7. The second-order valence-electron chi connectivity index (χ2n) is 21.7. The molecule has 4 heterocycles. The molecule has 0 aromatic carbocycles. The Balaban J connectivity index is 0.905. The number of carbonyl (C=O) groups is 6. The van der Waals surface area contributed by atoms with Gasteiger partial charge in [-0.15, -0.1) is 0 Å². The predicted molar refractivity (Wildman–Crippen MR) is 240 cm³/mol. The minimum atomic E-state index is -0.941. The monoisotopic (exact) mass is 990 g/mol. The van der Waals surface area contributed by atoms with Crippen molar-refractivity contribution in [1.82, 2.24) is 0 Å². The maximum absolute atomic E-state index is 13.0. The fraction of sp³-hybridized carbons (Fsp3) is 0.843. The fourth-order valence-electron chi connectivity index (χ4n) is 14.5. The van der Waals surface area contributed by atoms with Crippen molar-refractivity contribution in [2.75, 3.05) is 6.61 Å². The molecule has 0 unspecified atom stereocenters. The van der Waals surface area contributed by atoms with Crippen molar-refractivity contribution in [3.63, 3.8) is 0 Å². The van der Waals surface area contributed by atoms with Crippen LogP contribution in [0.25, 0.3) is 0 Å². The summed E-state index contributed by atoms with van der Waals surface area (Å²) in [5, 5.41) is 12.3. The number of rotatable bonds is 12. The number of cyclic esters (lactones) is 1. The summed E-state index contributed by atoms with van der Waals surface area (Å²) < 4.78 is 73.0. The highest BCUT2D eigenvalue weighted by Gasteiger charge is 2.73. The first-order valence-electron chi connectivity index (χ1n) is 25.4. The van der Waals surface area contributed by atoms with Crippen molar-refractivity contribution in [3.8, 4) is 0 Å². The van der Waals surface area contributed by atoms with Crippen molar-refractivity contribution in [2.24, 2.45) is 34.5 Å². The van der Waals surface area contributed by atoms with Crippen LogP contribution in [-0.2, 0) is 85.6 Å². The molecular weight excluding hydrogens is 917 g/mol. The molecule has 19 heteroatoms. The lowest BCUT2D eigenvalue weighted by atomic mass is 9.42. The van der Waals surface area contributed by atoms with Gasteiger partial charge in [-0.1, -0.05) is 13.8 Å². The smallest absolute Gasteiger partial charge is 0.331 e. The summed E-state index contributed by atoms with van der Waals surface area (Å²) in [4.78, 5) is 74.0. The van der Waals surface area contributed by atoms with Gasteiger partial charge in [0.15, 0.2) is 25.0 Å². The standard InChI is InChI=1S/C51H74O19/c1-24-46(66-30(7)55)38(63-27(4)52)21-44(61-24)68-48-26(3)62-45(22-40(48)65-29(6)54)69-47-25(2)60-43(20-39(47)64-28(5)53)67-34-13-15-49(9)33(18-34)11-12-36-37(49)19-41(57)50(10)35(32-17-42(58)59-23-32)14-16-51(36,50)70-31(8)56/h17,24-26,33-41,43-48,57H,11-16,18-23H2,1-10H3/t24-,25-,26-,33-,34+,35-,36-,37+,38+,39+,40+,41-,43+,44+,45+,46-,47-,48-,49+,50+,51+/m1/s1. The first-order chi connectivity index (χ1) is 33.0. The van der Waals surface area contributed by atoms with Gasteiger partial charge in [0.05, 0.1) is 30.5 Å². The van der Waals surface area contributed by atoms with Gasteiger partial charge in [-0.05, 0) is 101 Å². The molecule has 1 N–H and O–H groups in total. The molecule has 19 nitrogen and oxygen atoms in total. The number of fused-ring (bicyclic) bond motifs is 5. The van der Waals surface area contributed by atoms with E-state index in [4.69, 9.17) is 56.8 Å². The molecule has 0 radical (unpaired) electrons. The maximum Gasteiger partial charge on any atom is 0.331 e. The van der Waals surface area contributed by atoms with Crippen LogP contribution in [0.1, 0.15) is 140 Å². The molecule has 21 atom stereocenters. The van der Waals surface area contributed by atoms with Crippen molar-refractivity contribution in [1.29, 1.82) is 0 Å². The van der Waals surface area contributed by atoms with E-state index in [9.17, 15) is 33.9 Å². The Labute approximate surface area is 409 Å². The molecule has 8 rings (SSSR count). The Morgan fingerprint density at radius 1 is 0.600 bits per heavy atom. The lowest BCUT2D eigenvalue weighted by molar-refractivity contribution is -0.337. The van der Waals surface area contributed by atoms with Crippen LogP contribution in [0, 0.1) is 34.5 Å². The number of ether oxygens (including phenoxy) is 12. The highest BCUT2D eigenvalue weighted by atomic mass is 16.8. The van der Waals surface area contributed by atoms with E-state index in [1.165, 1.54) is 34.6 Å². The fourth-order valence-corrected chi connectivity index (χ4v) is 14.5. The largest absolute Gasteiger partial charge is 0.459 e. The van der Waals surface area contributed by atoms with E-state index in [2.05, 4.69) is 13.8 Å². The number of aliphatic hydroxyl groups excluding tert-OH is 1. The van der Waals surface area contributed by atoms with E-state index in [-0.39, 0.29) is 73.0 Å². The van der Waals surface area contributed by atoms with Crippen LogP contribution in [0.3, 0.4) is 0 Å². The van der Waals surface area contributed by atoms with E-state index < -0.39 is 115 Å². The lowest BCUT2D eigenvalue weighted by Gasteiger charge is -2.65. The third-order valence-electron chi connectivity index (χ3n) is 17.4. The second-order valence-corrected chi connectivity index (χ2v) is 21.7. The summed E-state index contributed by atoms with van der Waals surface area (Å²) in [5.41, 5.74) is -0.948. The Morgan fingerprint density at radius 2 is 1.11 bits per heavy atom. The zero-order chi connectivity index (χ0) is 50.6. The quantitative estimate of drug-likeness (QED) is 0.153. The van der Waals surface area contributed by atoms with Crippen LogP contribution in [0.5, 0.6) is 0 Å². The molecule has 0 spiro atoms. The molecule has 0 aromatic rings. The Morgan fingerprint density at radius 3 is 1.61 bits per heavy atom. The molecule has 7 fully saturated rings. The summed E-state index contributed by atoms with van der Waals surface area (Å²) in [6.07, 6.45) is -2.73. The van der Waals surface area contributed by atoms with Crippen LogP contribution in [0.4, 0.5) is 0 Å². The third-order valence-corrected chi connectivity index (χ3v) is 17.4. The van der Waals surface area contributed by atoms with Gasteiger partial charge in [0.25, 0.3) is 0 Å². The van der Waals surface area contributed by atoms with Gasteiger partial charge in [0.2, 0.25) is 0 Å². The van der Waals surface area contributed by atoms with Gasteiger partial charge in [-0.3, -0.25) is 24.0 Å². The molecule has 3 saturated heterocycles. The summed E-state index contributed by atoms with van der Waals surface area (Å²) in [6, 6.07) is 0. The highest BCUT2D eigenvalue weighted by molar-refractivity contribution is 5.85. The minimum absolute atomic E-state index is 0.0350. The number of hydrogen-bond donors (Lipinski definition) is 1. The molecule has 4 saturated carbocycles. The van der Waals surface area contributed by atoms with Crippen LogP contribution < -0.4 is 0 Å². The molecule has 392 valence electrons. The van der Waals surface area contributed by atoms with Crippen molar-refractivity contribution >= 4 is 35.8 Å². The van der Waals surface area contributed by atoms with E-state index in [1.807, 2.05) is 6.92 Å². The first kappa shape index (κ1) is 52.6. The highest BCUT2D eigenvalue weighted by Crippen LogP contribution is 2.71. The Hall–Kier alpha value is -3.72. The Bertz CT molecular complexity index is 2030. The van der Waals surface area contributed by atoms with Gasteiger partial charge in [-0.25, -0.2) is 4.79 Å². The maximum atomic E-state index is 13.0. The summed E-state index contributed by atoms with van der Waals surface area (Å²) in [5.74, 6) is -2.65. The van der Waals surface area contributed by atoms with E-state index in [1.54, 1.807) is 19.9 Å². The molecule has 4 aliphatic carbocycles. The van der Waals surface area contributed by atoms with Crippen LogP contribution in [0.2, 0.25) is 0 Å². The van der Waals surface area contributed by atoms with Gasteiger partial charge < -0.3 is 61.9 Å². The average Bonchev–Trinajstić information content (AvgIpc) is 3.81. The van der Waals surface area contributed by atoms with Crippen molar-refractivity contribution in [3.05, 3.63) is 11.6 Å². The molecule has 0 aromatic heterocycles. The summed E-state index contributed by atoms with van der Waals surface area (Å²) in [7, 11) is 0. The molecule has 0 bridgehead atoms. The normalized spacial score (nSPS) is 45.6. The zero-order valence-corrected chi connectivity index (χ0v) is 42.3. The summed E-state index contributed by atoms with van der Waals surface area (Å²) >= 11 is 0. The third kappa shape index (κ3) is 10.3. The van der Waals surface area contributed by atoms with E-state index in [0.29, 0.717) is 19.3 Å². The van der Waals surface area contributed by atoms with Crippen LogP contribution in [-0.4, -0.2) is 139 Å². The number of aliphatic hydroxyl groups is 1. The zero-order valence-electron chi connectivity index (χ0n) is 42.3. The Kier molecular flexibility index (Phi) is 15.5. The van der Waals surface area contributed by atoms with Gasteiger partial charge >= 0.3 is 35.8 Å². The first-order valence-corrected chi connectivity index (χ1v) is 25.4. The molecule has 0 amide bonds. The molecule has 70 heavy (non-hydrogen) atoms.